The van der Waals surface area contributed by atoms with Gasteiger partial charge in [-0.15, -0.1) is 0 Å². The van der Waals surface area contributed by atoms with Gasteiger partial charge in [0, 0.05) is 12.0 Å². The third kappa shape index (κ3) is 4.13. The number of nitrogens with zero attached hydrogens (tertiary/aromatic N) is 1. The molecule has 142 valence electrons. The lowest BCUT2D eigenvalue weighted by atomic mass is 9.67. The average molecular weight is 353 g/mol. The summed E-state index contributed by atoms with van der Waals surface area (Å²) < 4.78 is 0. The first kappa shape index (κ1) is 19.4. The van der Waals surface area contributed by atoms with E-state index in [4.69, 9.17) is 5.73 Å². The number of nitrogens with two attached hydrogens (primary N) is 1. The summed E-state index contributed by atoms with van der Waals surface area (Å²) in [5, 5.41) is 2.71. The SMILES string of the molecule is CC(C)C(CN)(CCCCN1CCCCC1)c1cccc2ccccc12. The second-order valence-electron chi connectivity index (χ2n) is 8.40. The van der Waals surface area contributed by atoms with Crippen molar-refractivity contribution in [1.82, 2.24) is 4.90 Å². The summed E-state index contributed by atoms with van der Waals surface area (Å²) in [6, 6.07) is 15.5. The van der Waals surface area contributed by atoms with Gasteiger partial charge in [-0.1, -0.05) is 69.2 Å². The van der Waals surface area contributed by atoms with Crippen LogP contribution in [0.2, 0.25) is 0 Å². The van der Waals surface area contributed by atoms with Crippen LogP contribution in [0, 0.1) is 5.92 Å². The highest BCUT2D eigenvalue weighted by Gasteiger charge is 2.35. The van der Waals surface area contributed by atoms with Gasteiger partial charge in [0.1, 0.15) is 0 Å². The van der Waals surface area contributed by atoms with E-state index in [1.165, 1.54) is 74.5 Å². The van der Waals surface area contributed by atoms with E-state index in [2.05, 4.69) is 61.2 Å². The summed E-state index contributed by atoms with van der Waals surface area (Å²) in [5.74, 6) is 0.535. The minimum Gasteiger partial charge on any atom is -0.330 e. The molecule has 0 radical (unpaired) electrons. The molecule has 0 amide bonds. The fourth-order valence-corrected chi connectivity index (χ4v) is 4.80. The lowest BCUT2D eigenvalue weighted by Crippen LogP contribution is -2.40. The van der Waals surface area contributed by atoms with Crippen molar-refractivity contribution in [2.45, 2.75) is 57.8 Å². The van der Waals surface area contributed by atoms with Crippen LogP contribution in [0.5, 0.6) is 0 Å². The molecule has 0 aliphatic carbocycles. The quantitative estimate of drug-likeness (QED) is 0.649. The summed E-state index contributed by atoms with van der Waals surface area (Å²) in [5.41, 5.74) is 7.97. The van der Waals surface area contributed by atoms with E-state index in [-0.39, 0.29) is 5.41 Å². The molecule has 0 bridgehead atoms. The van der Waals surface area contributed by atoms with Crippen LogP contribution in [0.15, 0.2) is 42.5 Å². The predicted octanol–water partition coefficient (Wildman–Crippen LogP) is 5.35. The van der Waals surface area contributed by atoms with Crippen molar-refractivity contribution in [3.8, 4) is 0 Å². The Morgan fingerprint density at radius 1 is 0.962 bits per heavy atom. The maximum atomic E-state index is 6.45. The molecule has 0 aromatic heterocycles. The molecule has 3 rings (SSSR count). The number of benzene rings is 2. The molecule has 0 saturated carbocycles. The minimum absolute atomic E-state index is 0.0722. The van der Waals surface area contributed by atoms with Crippen molar-refractivity contribution in [2.75, 3.05) is 26.2 Å². The molecule has 0 spiro atoms. The fourth-order valence-electron chi connectivity index (χ4n) is 4.80. The Morgan fingerprint density at radius 3 is 2.42 bits per heavy atom. The average Bonchev–Trinajstić information content (AvgIpc) is 2.69. The largest absolute Gasteiger partial charge is 0.330 e. The first-order valence-electron chi connectivity index (χ1n) is 10.6. The van der Waals surface area contributed by atoms with Crippen molar-refractivity contribution < 1.29 is 0 Å². The maximum Gasteiger partial charge on any atom is 0.0105 e. The molecule has 2 aromatic carbocycles. The van der Waals surface area contributed by atoms with Crippen LogP contribution in [0.4, 0.5) is 0 Å². The number of rotatable bonds is 8. The normalized spacial score (nSPS) is 18.3. The van der Waals surface area contributed by atoms with Crippen LogP contribution in [-0.4, -0.2) is 31.1 Å². The number of piperidine rings is 1. The van der Waals surface area contributed by atoms with E-state index in [1.807, 2.05) is 0 Å². The van der Waals surface area contributed by atoms with Crippen molar-refractivity contribution in [3.63, 3.8) is 0 Å². The smallest absolute Gasteiger partial charge is 0.0105 e. The van der Waals surface area contributed by atoms with Gasteiger partial charge in [0.05, 0.1) is 0 Å². The summed E-state index contributed by atoms with van der Waals surface area (Å²) in [6.45, 7) is 9.28. The highest BCUT2D eigenvalue weighted by Crippen LogP contribution is 2.40. The fraction of sp³-hybridized carbons (Fsp3) is 0.583. The van der Waals surface area contributed by atoms with Gasteiger partial charge >= 0.3 is 0 Å². The van der Waals surface area contributed by atoms with Gasteiger partial charge in [-0.25, -0.2) is 0 Å². The molecule has 26 heavy (non-hydrogen) atoms. The standard InChI is InChI=1S/C24H36N2/c1-20(2)24(19-25,15-6-9-18-26-16-7-3-8-17-26)23-14-10-12-21-11-4-5-13-22(21)23/h4-5,10-14,20H,3,6-9,15-19,25H2,1-2H3. The minimum atomic E-state index is 0.0722. The Bertz CT molecular complexity index is 682. The number of fused-ring (bicyclic) bond motifs is 1. The van der Waals surface area contributed by atoms with E-state index >= 15 is 0 Å². The topological polar surface area (TPSA) is 29.3 Å². The van der Waals surface area contributed by atoms with Crippen molar-refractivity contribution in [3.05, 3.63) is 48.0 Å². The van der Waals surface area contributed by atoms with Crippen LogP contribution in [0.25, 0.3) is 10.8 Å². The molecule has 2 heteroatoms. The van der Waals surface area contributed by atoms with Gasteiger partial charge in [0.15, 0.2) is 0 Å². The van der Waals surface area contributed by atoms with Crippen LogP contribution in [0.1, 0.15) is 57.9 Å². The van der Waals surface area contributed by atoms with Crippen molar-refractivity contribution in [1.29, 1.82) is 0 Å². The molecule has 1 heterocycles. The number of likely N-dealkylation sites (tertiary alicyclic amines) is 1. The highest BCUT2D eigenvalue weighted by atomic mass is 15.1. The third-order valence-corrected chi connectivity index (χ3v) is 6.59. The van der Waals surface area contributed by atoms with Crippen molar-refractivity contribution >= 4 is 10.8 Å². The molecule has 1 unspecified atom stereocenters. The lowest BCUT2D eigenvalue weighted by molar-refractivity contribution is 0.216. The molecule has 1 fully saturated rings. The van der Waals surface area contributed by atoms with Crippen LogP contribution in [0.3, 0.4) is 0 Å². The predicted molar refractivity (Wildman–Crippen MR) is 114 cm³/mol. The second kappa shape index (κ2) is 9.01. The lowest BCUT2D eigenvalue weighted by Gasteiger charge is -2.38. The van der Waals surface area contributed by atoms with Gasteiger partial charge in [0.2, 0.25) is 0 Å². The highest BCUT2D eigenvalue weighted by molar-refractivity contribution is 5.86. The zero-order chi connectivity index (χ0) is 18.4. The van der Waals surface area contributed by atoms with Crippen LogP contribution < -0.4 is 5.73 Å². The van der Waals surface area contributed by atoms with Gasteiger partial charge in [0.25, 0.3) is 0 Å². The van der Waals surface area contributed by atoms with Crippen LogP contribution >= 0.6 is 0 Å². The molecule has 2 N–H and O–H groups in total. The number of hydrogen-bond donors (Lipinski definition) is 1. The second-order valence-corrected chi connectivity index (χ2v) is 8.40. The van der Waals surface area contributed by atoms with Gasteiger partial charge in [-0.3, -0.25) is 0 Å². The molecule has 1 saturated heterocycles. The zero-order valence-corrected chi connectivity index (χ0v) is 16.7. The Morgan fingerprint density at radius 2 is 1.69 bits per heavy atom. The first-order chi connectivity index (χ1) is 12.7. The van der Waals surface area contributed by atoms with Gasteiger partial charge < -0.3 is 10.6 Å². The molecule has 1 aliphatic heterocycles. The van der Waals surface area contributed by atoms with Gasteiger partial charge in [-0.2, -0.15) is 0 Å². The molecule has 2 aromatic rings. The Labute approximate surface area is 159 Å². The Kier molecular flexibility index (Phi) is 6.72. The number of hydrogen-bond acceptors (Lipinski definition) is 2. The molecular weight excluding hydrogens is 316 g/mol. The molecule has 2 nitrogen and oxygen atoms in total. The Hall–Kier alpha value is -1.38. The Balaban J connectivity index is 1.75. The summed E-state index contributed by atoms with van der Waals surface area (Å²) in [4.78, 5) is 2.65. The van der Waals surface area contributed by atoms with Crippen LogP contribution in [-0.2, 0) is 5.41 Å². The van der Waals surface area contributed by atoms with E-state index in [0.29, 0.717) is 5.92 Å². The first-order valence-corrected chi connectivity index (χ1v) is 10.6. The maximum absolute atomic E-state index is 6.45. The molecular formula is C24H36N2. The molecule has 1 aliphatic rings. The number of unbranched alkanes of at least 4 members (excludes halogenated alkanes) is 1. The summed E-state index contributed by atoms with van der Waals surface area (Å²) >= 11 is 0. The van der Waals surface area contributed by atoms with Gasteiger partial charge in [-0.05, 0) is 67.6 Å². The summed E-state index contributed by atoms with van der Waals surface area (Å²) in [6.07, 6.45) is 7.92. The zero-order valence-electron chi connectivity index (χ0n) is 16.7. The van der Waals surface area contributed by atoms with E-state index in [9.17, 15) is 0 Å². The van der Waals surface area contributed by atoms with Crippen molar-refractivity contribution in [2.24, 2.45) is 11.7 Å². The molecule has 1 atom stereocenters. The van der Waals surface area contributed by atoms with E-state index < -0.39 is 0 Å². The van der Waals surface area contributed by atoms with E-state index in [0.717, 1.165) is 6.54 Å². The summed E-state index contributed by atoms with van der Waals surface area (Å²) in [7, 11) is 0. The monoisotopic (exact) mass is 352 g/mol. The third-order valence-electron chi connectivity index (χ3n) is 6.59. The van der Waals surface area contributed by atoms with E-state index in [1.54, 1.807) is 0 Å².